The van der Waals surface area contributed by atoms with Crippen LogP contribution in [0.15, 0.2) is 24.3 Å². The first-order chi connectivity index (χ1) is 10.2. The highest BCUT2D eigenvalue weighted by Gasteiger charge is 2.22. The molecule has 0 aliphatic carbocycles. The van der Waals surface area contributed by atoms with Crippen LogP contribution >= 0.6 is 0 Å². The lowest BCUT2D eigenvalue weighted by Gasteiger charge is -2.33. The average Bonchev–Trinajstić information content (AvgIpc) is 2.49. The quantitative estimate of drug-likeness (QED) is 0.845. The Labute approximate surface area is 127 Å². The molecular formula is C17H26N2O2. The number of urea groups is 1. The normalized spacial score (nSPS) is 18.4. The first-order valence-electron chi connectivity index (χ1n) is 7.91. The van der Waals surface area contributed by atoms with E-state index in [0.717, 1.165) is 31.6 Å². The van der Waals surface area contributed by atoms with E-state index in [0.29, 0.717) is 19.2 Å². The summed E-state index contributed by atoms with van der Waals surface area (Å²) in [7, 11) is 0. The molecule has 0 radical (unpaired) electrons. The highest BCUT2D eigenvalue weighted by Crippen LogP contribution is 2.16. The van der Waals surface area contributed by atoms with Gasteiger partial charge in [0.15, 0.2) is 0 Å². The number of piperidine rings is 1. The van der Waals surface area contributed by atoms with E-state index in [2.05, 4.69) is 19.2 Å². The van der Waals surface area contributed by atoms with Gasteiger partial charge in [0.1, 0.15) is 5.75 Å². The molecule has 0 saturated carbocycles. The van der Waals surface area contributed by atoms with Crippen molar-refractivity contribution >= 4 is 6.03 Å². The summed E-state index contributed by atoms with van der Waals surface area (Å²) >= 11 is 0. The molecule has 1 aromatic carbocycles. The predicted octanol–water partition coefficient (Wildman–Crippen LogP) is 3.35. The third-order valence-electron chi connectivity index (χ3n) is 3.95. The summed E-state index contributed by atoms with van der Waals surface area (Å²) in [6.45, 7) is 6.35. The molecule has 21 heavy (non-hydrogen) atoms. The zero-order valence-electron chi connectivity index (χ0n) is 13.1. The summed E-state index contributed by atoms with van der Waals surface area (Å²) in [6.07, 6.45) is 4.29. The van der Waals surface area contributed by atoms with Gasteiger partial charge in [0.25, 0.3) is 0 Å². The average molecular weight is 290 g/mol. The minimum absolute atomic E-state index is 0.0672. The van der Waals surface area contributed by atoms with Gasteiger partial charge in [-0.15, -0.1) is 0 Å². The van der Waals surface area contributed by atoms with E-state index in [-0.39, 0.29) is 6.03 Å². The van der Waals surface area contributed by atoms with Gasteiger partial charge in [-0.25, -0.2) is 4.79 Å². The third-order valence-corrected chi connectivity index (χ3v) is 3.95. The van der Waals surface area contributed by atoms with E-state index in [4.69, 9.17) is 4.74 Å². The topological polar surface area (TPSA) is 41.6 Å². The minimum atomic E-state index is 0.0672. The van der Waals surface area contributed by atoms with E-state index in [1.165, 1.54) is 12.0 Å². The van der Waals surface area contributed by atoms with Crippen LogP contribution in [0.25, 0.3) is 0 Å². The highest BCUT2D eigenvalue weighted by molar-refractivity contribution is 5.74. The fourth-order valence-corrected chi connectivity index (χ4v) is 2.59. The van der Waals surface area contributed by atoms with Crippen molar-refractivity contribution in [2.45, 2.75) is 45.6 Å². The van der Waals surface area contributed by atoms with Crippen LogP contribution in [0.1, 0.15) is 38.2 Å². The van der Waals surface area contributed by atoms with E-state index in [1.807, 2.05) is 29.2 Å². The molecule has 1 unspecified atom stereocenters. The molecule has 0 aromatic heterocycles. The van der Waals surface area contributed by atoms with Crippen LogP contribution < -0.4 is 10.1 Å². The molecule has 2 rings (SSSR count). The summed E-state index contributed by atoms with van der Waals surface area (Å²) in [5, 5.41) is 2.99. The van der Waals surface area contributed by atoms with E-state index in [9.17, 15) is 4.79 Å². The molecular weight excluding hydrogens is 264 g/mol. The van der Waals surface area contributed by atoms with Crippen LogP contribution in [-0.2, 0) is 0 Å². The third kappa shape index (κ3) is 4.96. The zero-order valence-corrected chi connectivity index (χ0v) is 13.1. The summed E-state index contributed by atoms with van der Waals surface area (Å²) < 4.78 is 5.64. The molecule has 4 nitrogen and oxygen atoms in total. The van der Waals surface area contributed by atoms with Crippen LogP contribution in [0.2, 0.25) is 0 Å². The van der Waals surface area contributed by atoms with Gasteiger partial charge in [-0.3, -0.25) is 0 Å². The van der Waals surface area contributed by atoms with E-state index >= 15 is 0 Å². The summed E-state index contributed by atoms with van der Waals surface area (Å²) in [6, 6.07) is 8.45. The second-order valence-corrected chi connectivity index (χ2v) is 5.79. The Morgan fingerprint density at radius 2 is 2.10 bits per heavy atom. The molecule has 1 aliphatic heterocycles. The Morgan fingerprint density at radius 1 is 1.33 bits per heavy atom. The monoisotopic (exact) mass is 290 g/mol. The Morgan fingerprint density at radius 3 is 2.81 bits per heavy atom. The number of amides is 2. The molecule has 1 aromatic rings. The summed E-state index contributed by atoms with van der Waals surface area (Å²) in [5.41, 5.74) is 1.23. The lowest BCUT2D eigenvalue weighted by molar-refractivity contribution is 0.157. The Bertz CT molecular complexity index is 445. The van der Waals surface area contributed by atoms with Crippen molar-refractivity contribution in [3.8, 4) is 5.75 Å². The molecule has 2 amide bonds. The van der Waals surface area contributed by atoms with Crippen LogP contribution in [0.3, 0.4) is 0 Å². The molecule has 1 saturated heterocycles. The fraction of sp³-hybridized carbons (Fsp3) is 0.588. The van der Waals surface area contributed by atoms with Crippen molar-refractivity contribution < 1.29 is 9.53 Å². The number of ether oxygens (including phenoxy) is 1. The van der Waals surface area contributed by atoms with Gasteiger partial charge < -0.3 is 15.0 Å². The molecule has 1 N–H and O–H groups in total. The second-order valence-electron chi connectivity index (χ2n) is 5.79. The summed E-state index contributed by atoms with van der Waals surface area (Å²) in [4.78, 5) is 14.0. The van der Waals surface area contributed by atoms with Gasteiger partial charge >= 0.3 is 6.03 Å². The SMILES string of the molecule is Cc1ccc(OCCCNC(=O)N2CCCCC2C)cc1. The van der Waals surface area contributed by atoms with Gasteiger partial charge in [0, 0.05) is 19.1 Å². The maximum absolute atomic E-state index is 12.1. The van der Waals surface area contributed by atoms with Crippen LogP contribution in [0.4, 0.5) is 4.79 Å². The predicted molar refractivity (Wildman–Crippen MR) is 84.7 cm³/mol. The van der Waals surface area contributed by atoms with E-state index < -0.39 is 0 Å². The fourth-order valence-electron chi connectivity index (χ4n) is 2.59. The molecule has 1 fully saturated rings. The molecule has 1 aliphatic rings. The van der Waals surface area contributed by atoms with Crippen molar-refractivity contribution in [2.24, 2.45) is 0 Å². The second kappa shape index (κ2) is 7.91. The Hall–Kier alpha value is -1.71. The number of rotatable bonds is 5. The molecule has 0 spiro atoms. The van der Waals surface area contributed by atoms with Crippen molar-refractivity contribution in [1.82, 2.24) is 10.2 Å². The Kier molecular flexibility index (Phi) is 5.90. The van der Waals surface area contributed by atoms with Crippen molar-refractivity contribution in [3.63, 3.8) is 0 Å². The largest absolute Gasteiger partial charge is 0.494 e. The standard InChI is InChI=1S/C17H26N2O2/c1-14-7-9-16(10-8-14)21-13-5-11-18-17(20)19-12-4-3-6-15(19)2/h7-10,15H,3-6,11-13H2,1-2H3,(H,18,20). The first kappa shape index (κ1) is 15.7. The van der Waals surface area contributed by atoms with Crippen molar-refractivity contribution in [2.75, 3.05) is 19.7 Å². The lowest BCUT2D eigenvalue weighted by atomic mass is 10.0. The number of hydrogen-bond acceptors (Lipinski definition) is 2. The van der Waals surface area contributed by atoms with Crippen LogP contribution in [0, 0.1) is 6.92 Å². The smallest absolute Gasteiger partial charge is 0.317 e. The summed E-state index contributed by atoms with van der Waals surface area (Å²) in [5.74, 6) is 0.886. The lowest BCUT2D eigenvalue weighted by Crippen LogP contribution is -2.47. The Balaban J connectivity index is 1.61. The first-order valence-corrected chi connectivity index (χ1v) is 7.91. The van der Waals surface area contributed by atoms with Crippen molar-refractivity contribution in [1.29, 1.82) is 0 Å². The highest BCUT2D eigenvalue weighted by atomic mass is 16.5. The molecule has 116 valence electrons. The number of carbonyl (C=O) groups is 1. The number of carbonyl (C=O) groups excluding carboxylic acids is 1. The number of aryl methyl sites for hydroxylation is 1. The number of hydrogen-bond donors (Lipinski definition) is 1. The maximum Gasteiger partial charge on any atom is 0.317 e. The van der Waals surface area contributed by atoms with Gasteiger partial charge in [0.05, 0.1) is 6.61 Å². The number of likely N-dealkylation sites (tertiary alicyclic amines) is 1. The number of benzene rings is 1. The van der Waals surface area contributed by atoms with Crippen LogP contribution in [-0.4, -0.2) is 36.7 Å². The maximum atomic E-state index is 12.1. The minimum Gasteiger partial charge on any atom is -0.494 e. The van der Waals surface area contributed by atoms with Gasteiger partial charge in [-0.2, -0.15) is 0 Å². The van der Waals surface area contributed by atoms with Gasteiger partial charge in [-0.05, 0) is 51.7 Å². The van der Waals surface area contributed by atoms with E-state index in [1.54, 1.807) is 0 Å². The number of nitrogens with zero attached hydrogens (tertiary/aromatic N) is 1. The number of nitrogens with one attached hydrogen (secondary N) is 1. The molecule has 0 bridgehead atoms. The zero-order chi connectivity index (χ0) is 15.1. The van der Waals surface area contributed by atoms with Gasteiger partial charge in [-0.1, -0.05) is 17.7 Å². The van der Waals surface area contributed by atoms with Crippen LogP contribution in [0.5, 0.6) is 5.75 Å². The molecule has 1 atom stereocenters. The van der Waals surface area contributed by atoms with Crippen molar-refractivity contribution in [3.05, 3.63) is 29.8 Å². The molecule has 4 heteroatoms. The van der Waals surface area contributed by atoms with Gasteiger partial charge in [0.2, 0.25) is 0 Å². The molecule has 1 heterocycles.